The Balaban J connectivity index is 2.14. The number of hydrogen-bond acceptors (Lipinski definition) is 4. The Kier molecular flexibility index (Phi) is 4.06. The lowest BCUT2D eigenvalue weighted by Crippen LogP contribution is -2.01. The monoisotopic (exact) mass is 282 g/mol. The molecule has 0 saturated carbocycles. The first-order valence-corrected chi connectivity index (χ1v) is 5.89. The molecule has 0 bridgehead atoms. The molecule has 0 spiro atoms. The summed E-state index contributed by atoms with van der Waals surface area (Å²) in [5.74, 6) is -0.000534. The summed E-state index contributed by atoms with van der Waals surface area (Å²) in [6, 6.07) is 7.04. The van der Waals surface area contributed by atoms with Gasteiger partial charge in [-0.05, 0) is 24.3 Å². The predicted molar refractivity (Wildman–Crippen MR) is 71.2 cm³/mol. The highest BCUT2D eigenvalue weighted by molar-refractivity contribution is 6.29. The Morgan fingerprint density at radius 1 is 1.37 bits per heavy atom. The van der Waals surface area contributed by atoms with Crippen molar-refractivity contribution in [3.8, 4) is 11.6 Å². The lowest BCUT2D eigenvalue weighted by atomic mass is 10.2. The van der Waals surface area contributed by atoms with Gasteiger partial charge in [0.2, 0.25) is 5.88 Å². The standard InChI is InChI=1S/C13H12ClFN2O2/c1-19-13-6-10(5-12(14)17-13)16-7-8-4-9(15)2-3-11(8)18/h2-6,18H,7H2,1H3,(H,16,17). The number of ether oxygens (including phenoxy) is 1. The number of pyridine rings is 1. The number of methoxy groups -OCH3 is 1. The van der Waals surface area contributed by atoms with E-state index in [-0.39, 0.29) is 17.4 Å². The summed E-state index contributed by atoms with van der Waals surface area (Å²) in [7, 11) is 1.49. The lowest BCUT2D eigenvalue weighted by Gasteiger charge is -2.09. The molecular formula is C13H12ClFN2O2. The lowest BCUT2D eigenvalue weighted by molar-refractivity contribution is 0.398. The molecule has 0 unspecified atom stereocenters. The molecule has 2 N–H and O–H groups in total. The van der Waals surface area contributed by atoms with Crippen LogP contribution in [0.5, 0.6) is 11.6 Å². The van der Waals surface area contributed by atoms with E-state index >= 15 is 0 Å². The molecule has 0 fully saturated rings. The fourth-order valence-corrected chi connectivity index (χ4v) is 1.77. The van der Waals surface area contributed by atoms with Crippen LogP contribution in [0, 0.1) is 5.82 Å². The second kappa shape index (κ2) is 5.75. The Morgan fingerprint density at radius 3 is 2.89 bits per heavy atom. The molecule has 0 aliphatic heterocycles. The third-order valence-electron chi connectivity index (χ3n) is 2.50. The van der Waals surface area contributed by atoms with Crippen LogP contribution in [0.4, 0.5) is 10.1 Å². The molecule has 6 heteroatoms. The summed E-state index contributed by atoms with van der Waals surface area (Å²) in [4.78, 5) is 3.93. The zero-order chi connectivity index (χ0) is 13.8. The van der Waals surface area contributed by atoms with Gasteiger partial charge in [-0.2, -0.15) is 0 Å². The molecule has 1 aromatic heterocycles. The van der Waals surface area contributed by atoms with Gasteiger partial charge in [0.15, 0.2) is 0 Å². The van der Waals surface area contributed by atoms with Crippen LogP contribution >= 0.6 is 11.6 Å². The van der Waals surface area contributed by atoms with E-state index in [1.165, 1.54) is 25.3 Å². The number of hydrogen-bond donors (Lipinski definition) is 2. The maximum absolute atomic E-state index is 13.1. The number of halogens is 2. The molecule has 19 heavy (non-hydrogen) atoms. The normalized spacial score (nSPS) is 10.3. The molecule has 100 valence electrons. The number of nitrogens with one attached hydrogen (secondary N) is 1. The van der Waals surface area contributed by atoms with Crippen LogP contribution in [0.3, 0.4) is 0 Å². The number of phenolic OH excluding ortho intramolecular Hbond substituents is 1. The predicted octanol–water partition coefficient (Wildman–Crippen LogP) is 3.20. The van der Waals surface area contributed by atoms with Gasteiger partial charge < -0.3 is 15.2 Å². The fraction of sp³-hybridized carbons (Fsp3) is 0.154. The first-order chi connectivity index (χ1) is 9.08. The van der Waals surface area contributed by atoms with Gasteiger partial charge in [-0.3, -0.25) is 0 Å². The van der Waals surface area contributed by atoms with Gasteiger partial charge in [-0.25, -0.2) is 9.37 Å². The Bertz CT molecular complexity index is 593. The zero-order valence-electron chi connectivity index (χ0n) is 10.2. The average molecular weight is 283 g/mol. The number of rotatable bonds is 4. The summed E-state index contributed by atoms with van der Waals surface area (Å²) < 4.78 is 18.1. The first kappa shape index (κ1) is 13.4. The topological polar surface area (TPSA) is 54.4 Å². The van der Waals surface area contributed by atoms with Crippen molar-refractivity contribution in [1.29, 1.82) is 0 Å². The van der Waals surface area contributed by atoms with Gasteiger partial charge >= 0.3 is 0 Å². The molecule has 0 saturated heterocycles. The Labute approximate surface area is 114 Å². The van der Waals surface area contributed by atoms with Crippen molar-refractivity contribution in [2.45, 2.75) is 6.54 Å². The molecule has 0 amide bonds. The summed E-state index contributed by atoms with van der Waals surface area (Å²) in [6.07, 6.45) is 0. The van der Waals surface area contributed by atoms with Crippen LogP contribution in [-0.4, -0.2) is 17.2 Å². The van der Waals surface area contributed by atoms with Gasteiger partial charge in [0.1, 0.15) is 16.7 Å². The SMILES string of the molecule is COc1cc(NCc2cc(F)ccc2O)cc(Cl)n1. The molecule has 0 atom stereocenters. The Hall–Kier alpha value is -2.01. The number of aromatic hydroxyl groups is 1. The highest BCUT2D eigenvalue weighted by atomic mass is 35.5. The third kappa shape index (κ3) is 3.48. The van der Waals surface area contributed by atoms with Crippen molar-refractivity contribution >= 4 is 17.3 Å². The van der Waals surface area contributed by atoms with Crippen molar-refractivity contribution in [1.82, 2.24) is 4.98 Å². The third-order valence-corrected chi connectivity index (χ3v) is 2.70. The van der Waals surface area contributed by atoms with Crippen LogP contribution in [-0.2, 0) is 6.54 Å². The molecule has 2 aromatic rings. The quantitative estimate of drug-likeness (QED) is 0.846. The van der Waals surface area contributed by atoms with Crippen LogP contribution in [0.2, 0.25) is 5.15 Å². The second-order valence-electron chi connectivity index (χ2n) is 3.85. The molecule has 0 aliphatic carbocycles. The van der Waals surface area contributed by atoms with Crippen molar-refractivity contribution < 1.29 is 14.2 Å². The summed E-state index contributed by atoms with van der Waals surface area (Å²) in [5, 5.41) is 12.9. The molecule has 1 aromatic carbocycles. The zero-order valence-corrected chi connectivity index (χ0v) is 10.9. The van der Waals surface area contributed by atoms with Crippen molar-refractivity contribution in [2.75, 3.05) is 12.4 Å². The first-order valence-electron chi connectivity index (χ1n) is 5.51. The maximum atomic E-state index is 13.1. The van der Waals surface area contributed by atoms with Crippen molar-refractivity contribution in [3.63, 3.8) is 0 Å². The number of aromatic nitrogens is 1. The van der Waals surface area contributed by atoms with E-state index in [4.69, 9.17) is 16.3 Å². The van der Waals surface area contributed by atoms with Gasteiger partial charge in [0.05, 0.1) is 7.11 Å². The van der Waals surface area contributed by atoms with Gasteiger partial charge in [0.25, 0.3) is 0 Å². The summed E-state index contributed by atoms with van der Waals surface area (Å²) in [6.45, 7) is 0.257. The van der Waals surface area contributed by atoms with Crippen molar-refractivity contribution in [2.24, 2.45) is 0 Å². The average Bonchev–Trinajstić information content (AvgIpc) is 2.39. The number of anilines is 1. The molecule has 0 radical (unpaired) electrons. The van der Waals surface area contributed by atoms with E-state index in [1.807, 2.05) is 0 Å². The van der Waals surface area contributed by atoms with Gasteiger partial charge in [-0.1, -0.05) is 11.6 Å². The molecule has 0 aliphatic rings. The Morgan fingerprint density at radius 2 is 2.16 bits per heavy atom. The van der Waals surface area contributed by atoms with Crippen LogP contribution in [0.1, 0.15) is 5.56 Å². The van der Waals surface area contributed by atoms with E-state index in [0.717, 1.165) is 0 Å². The second-order valence-corrected chi connectivity index (χ2v) is 4.23. The minimum absolute atomic E-state index is 0.0287. The number of benzene rings is 1. The van der Waals surface area contributed by atoms with E-state index in [2.05, 4.69) is 10.3 Å². The molecule has 2 rings (SSSR count). The van der Waals surface area contributed by atoms with Crippen LogP contribution < -0.4 is 10.1 Å². The minimum Gasteiger partial charge on any atom is -0.508 e. The van der Waals surface area contributed by atoms with E-state index in [0.29, 0.717) is 17.1 Å². The smallest absolute Gasteiger partial charge is 0.216 e. The molecule has 4 nitrogen and oxygen atoms in total. The van der Waals surface area contributed by atoms with Gasteiger partial charge in [-0.15, -0.1) is 0 Å². The number of phenols is 1. The molecular weight excluding hydrogens is 271 g/mol. The van der Waals surface area contributed by atoms with E-state index in [9.17, 15) is 9.50 Å². The van der Waals surface area contributed by atoms with E-state index < -0.39 is 5.82 Å². The van der Waals surface area contributed by atoms with Crippen LogP contribution in [0.25, 0.3) is 0 Å². The minimum atomic E-state index is -0.403. The number of nitrogens with zero attached hydrogens (tertiary/aromatic N) is 1. The highest BCUT2D eigenvalue weighted by Gasteiger charge is 2.05. The maximum Gasteiger partial charge on any atom is 0.216 e. The van der Waals surface area contributed by atoms with Crippen molar-refractivity contribution in [3.05, 3.63) is 46.9 Å². The van der Waals surface area contributed by atoms with Crippen LogP contribution in [0.15, 0.2) is 30.3 Å². The highest BCUT2D eigenvalue weighted by Crippen LogP contribution is 2.23. The summed E-state index contributed by atoms with van der Waals surface area (Å²) in [5.41, 5.74) is 1.12. The van der Waals surface area contributed by atoms with Gasteiger partial charge in [0, 0.05) is 23.9 Å². The largest absolute Gasteiger partial charge is 0.508 e. The molecule has 1 heterocycles. The van der Waals surface area contributed by atoms with E-state index in [1.54, 1.807) is 12.1 Å². The summed E-state index contributed by atoms with van der Waals surface area (Å²) >= 11 is 5.83. The fourth-order valence-electron chi connectivity index (χ4n) is 1.57.